The van der Waals surface area contributed by atoms with Crippen molar-refractivity contribution in [3.05, 3.63) is 59.4 Å². The number of carbonyl (C=O) groups excluding carboxylic acids is 1. The van der Waals surface area contributed by atoms with Crippen molar-refractivity contribution < 1.29 is 9.18 Å². The fourth-order valence-electron chi connectivity index (χ4n) is 3.36. The van der Waals surface area contributed by atoms with Crippen LogP contribution in [0, 0.1) is 23.1 Å². The summed E-state index contributed by atoms with van der Waals surface area (Å²) in [7, 11) is 0. The Hall–Kier alpha value is -3.13. The molecule has 5 heteroatoms. The van der Waals surface area contributed by atoms with E-state index in [1.54, 1.807) is 11.0 Å². The molecule has 2 aromatic carbocycles. The Morgan fingerprint density at radius 3 is 2.52 bits per heavy atom. The molecule has 1 aliphatic rings. The Kier molecular flexibility index (Phi) is 5.27. The molecule has 1 aliphatic heterocycles. The highest BCUT2D eigenvalue weighted by Gasteiger charge is 2.24. The molecule has 0 spiro atoms. The zero-order chi connectivity index (χ0) is 19.6. The number of nitriles is 1. The summed E-state index contributed by atoms with van der Waals surface area (Å²) in [5.74, 6) is -0.633. The number of nitrogens with zero attached hydrogens (tertiary/aromatic N) is 2. The van der Waals surface area contributed by atoms with Crippen molar-refractivity contribution in [3.8, 4) is 17.2 Å². The first kappa shape index (κ1) is 18.7. The van der Waals surface area contributed by atoms with Crippen molar-refractivity contribution in [2.45, 2.75) is 20.3 Å². The molecule has 0 saturated heterocycles. The smallest absolute Gasteiger partial charge is 0.225 e. The van der Waals surface area contributed by atoms with Crippen molar-refractivity contribution >= 4 is 17.2 Å². The van der Waals surface area contributed by atoms with E-state index in [0.29, 0.717) is 30.6 Å². The summed E-state index contributed by atoms with van der Waals surface area (Å²) in [5, 5.41) is 9.43. The quantitative estimate of drug-likeness (QED) is 0.830. The van der Waals surface area contributed by atoms with Gasteiger partial charge in [-0.1, -0.05) is 50.3 Å². The number of anilines is 1. The summed E-state index contributed by atoms with van der Waals surface area (Å²) >= 11 is 0. The summed E-state index contributed by atoms with van der Waals surface area (Å²) in [6.07, 6.45) is 2.53. The van der Waals surface area contributed by atoms with Crippen molar-refractivity contribution in [2.24, 2.45) is 5.92 Å². The Balaban J connectivity index is 2.04. The van der Waals surface area contributed by atoms with Crippen LogP contribution in [0.25, 0.3) is 16.7 Å². The lowest BCUT2D eigenvalue weighted by Crippen LogP contribution is -2.37. The van der Waals surface area contributed by atoms with Gasteiger partial charge in [0.25, 0.3) is 0 Å². The van der Waals surface area contributed by atoms with Gasteiger partial charge >= 0.3 is 0 Å². The highest BCUT2D eigenvalue weighted by atomic mass is 19.1. The number of benzene rings is 2. The van der Waals surface area contributed by atoms with Gasteiger partial charge in [-0.05, 0) is 23.6 Å². The van der Waals surface area contributed by atoms with Crippen LogP contribution in [0.5, 0.6) is 0 Å². The molecule has 1 heterocycles. The maximum Gasteiger partial charge on any atom is 0.225 e. The number of nitrogen functional groups attached to an aromatic ring is 1. The third-order valence-corrected chi connectivity index (χ3v) is 4.86. The van der Waals surface area contributed by atoms with E-state index in [0.717, 1.165) is 11.1 Å². The molecule has 2 aromatic rings. The fraction of sp³-hybridized carbons (Fsp3) is 0.273. The number of nitrogens with two attached hydrogens (primary N) is 1. The summed E-state index contributed by atoms with van der Waals surface area (Å²) < 4.78 is 14.8. The summed E-state index contributed by atoms with van der Waals surface area (Å²) in [5.41, 5.74) is 8.77. The lowest BCUT2D eigenvalue weighted by molar-refractivity contribution is -0.134. The van der Waals surface area contributed by atoms with E-state index in [1.807, 2.05) is 56.3 Å². The molecule has 0 radical (unpaired) electrons. The molecule has 0 bridgehead atoms. The number of halogens is 1. The van der Waals surface area contributed by atoms with Gasteiger partial charge in [-0.15, -0.1) is 0 Å². The van der Waals surface area contributed by atoms with Crippen molar-refractivity contribution in [3.63, 3.8) is 0 Å². The van der Waals surface area contributed by atoms with Crippen LogP contribution in [-0.2, 0) is 4.79 Å². The molecule has 4 nitrogen and oxygen atoms in total. The van der Waals surface area contributed by atoms with Crippen LogP contribution in [0.2, 0.25) is 0 Å². The van der Waals surface area contributed by atoms with E-state index in [-0.39, 0.29) is 23.1 Å². The average molecular weight is 363 g/mol. The van der Waals surface area contributed by atoms with Crippen LogP contribution < -0.4 is 5.73 Å². The van der Waals surface area contributed by atoms with Crippen LogP contribution in [0.4, 0.5) is 10.1 Å². The third kappa shape index (κ3) is 3.56. The van der Waals surface area contributed by atoms with Crippen LogP contribution in [-0.4, -0.2) is 23.9 Å². The second-order valence-corrected chi connectivity index (χ2v) is 6.97. The van der Waals surface area contributed by atoms with Gasteiger partial charge in [0.2, 0.25) is 5.91 Å². The monoisotopic (exact) mass is 363 g/mol. The fourth-order valence-corrected chi connectivity index (χ4v) is 3.36. The lowest BCUT2D eigenvalue weighted by atomic mass is 9.90. The van der Waals surface area contributed by atoms with Gasteiger partial charge in [-0.2, -0.15) is 5.26 Å². The minimum atomic E-state index is -0.685. The normalized spacial score (nSPS) is 14.0. The highest BCUT2D eigenvalue weighted by Crippen LogP contribution is 2.36. The molecule has 0 aromatic heterocycles. The molecular weight excluding hydrogens is 341 g/mol. The van der Waals surface area contributed by atoms with Gasteiger partial charge in [-0.3, -0.25) is 4.79 Å². The number of hydrogen-bond acceptors (Lipinski definition) is 3. The van der Waals surface area contributed by atoms with E-state index < -0.39 is 5.82 Å². The van der Waals surface area contributed by atoms with Crippen molar-refractivity contribution in [1.82, 2.24) is 4.90 Å². The van der Waals surface area contributed by atoms with Gasteiger partial charge in [0.1, 0.15) is 6.07 Å². The molecule has 3 rings (SSSR count). The number of rotatable bonds is 3. The first-order chi connectivity index (χ1) is 12.9. The second kappa shape index (κ2) is 7.63. The molecule has 0 atom stereocenters. The van der Waals surface area contributed by atoms with Gasteiger partial charge in [0.05, 0.1) is 11.3 Å². The van der Waals surface area contributed by atoms with Crippen LogP contribution in [0.1, 0.15) is 31.4 Å². The molecule has 27 heavy (non-hydrogen) atoms. The molecule has 0 unspecified atom stereocenters. The van der Waals surface area contributed by atoms with E-state index in [1.165, 1.54) is 0 Å². The summed E-state index contributed by atoms with van der Waals surface area (Å²) in [6.45, 7) is 4.81. The van der Waals surface area contributed by atoms with Gasteiger partial charge in [0, 0.05) is 30.1 Å². The largest absolute Gasteiger partial charge is 0.396 e. The highest BCUT2D eigenvalue weighted by molar-refractivity contribution is 5.85. The topological polar surface area (TPSA) is 70.1 Å². The Morgan fingerprint density at radius 2 is 1.96 bits per heavy atom. The zero-order valence-electron chi connectivity index (χ0n) is 15.5. The SMILES string of the molecule is CC(C)C(=O)N1CC=C(c2cc(-c3ccccc3)c(C#N)c(F)c2N)CC1. The third-order valence-electron chi connectivity index (χ3n) is 4.86. The number of carbonyl (C=O) groups is 1. The Labute approximate surface area is 158 Å². The van der Waals surface area contributed by atoms with Crippen LogP contribution in [0.15, 0.2) is 42.5 Å². The standard InChI is InChI=1S/C22H22FN3O/c1-14(2)22(27)26-10-8-16(9-11-26)18-12-17(15-6-4-3-5-7-15)19(13-24)20(23)21(18)25/h3-8,12,14H,9-11,25H2,1-2H3. The average Bonchev–Trinajstić information content (AvgIpc) is 2.70. The van der Waals surface area contributed by atoms with Gasteiger partial charge in [-0.25, -0.2) is 4.39 Å². The van der Waals surface area contributed by atoms with E-state index in [2.05, 4.69) is 0 Å². The second-order valence-electron chi connectivity index (χ2n) is 6.97. The predicted octanol–water partition coefficient (Wildman–Crippen LogP) is 4.22. The first-order valence-corrected chi connectivity index (χ1v) is 8.99. The van der Waals surface area contributed by atoms with E-state index in [4.69, 9.17) is 5.73 Å². The Morgan fingerprint density at radius 1 is 1.26 bits per heavy atom. The van der Waals surface area contributed by atoms with E-state index in [9.17, 15) is 14.4 Å². The minimum absolute atomic E-state index is 0.0129. The van der Waals surface area contributed by atoms with Gasteiger partial charge < -0.3 is 10.6 Å². The lowest BCUT2D eigenvalue weighted by Gasteiger charge is -2.28. The summed E-state index contributed by atoms with van der Waals surface area (Å²) in [6, 6.07) is 13.0. The molecule has 138 valence electrons. The molecule has 0 saturated carbocycles. The molecule has 0 fully saturated rings. The number of amides is 1. The van der Waals surface area contributed by atoms with Crippen LogP contribution in [0.3, 0.4) is 0 Å². The molecular formula is C22H22FN3O. The van der Waals surface area contributed by atoms with Crippen molar-refractivity contribution in [2.75, 3.05) is 18.8 Å². The zero-order valence-corrected chi connectivity index (χ0v) is 15.5. The molecule has 1 amide bonds. The molecule has 2 N–H and O–H groups in total. The van der Waals surface area contributed by atoms with E-state index >= 15 is 0 Å². The Bertz CT molecular complexity index is 942. The van der Waals surface area contributed by atoms with Crippen molar-refractivity contribution in [1.29, 1.82) is 5.26 Å². The first-order valence-electron chi connectivity index (χ1n) is 8.99. The minimum Gasteiger partial charge on any atom is -0.396 e. The maximum atomic E-state index is 14.8. The molecule has 0 aliphatic carbocycles. The predicted molar refractivity (Wildman–Crippen MR) is 105 cm³/mol. The summed E-state index contributed by atoms with van der Waals surface area (Å²) in [4.78, 5) is 14.0. The maximum absolute atomic E-state index is 14.8. The van der Waals surface area contributed by atoms with Crippen LogP contribution >= 0.6 is 0 Å². The number of hydrogen-bond donors (Lipinski definition) is 1. The van der Waals surface area contributed by atoms with Gasteiger partial charge in [0.15, 0.2) is 5.82 Å².